The first kappa shape index (κ1) is 28.5. The molecule has 3 aromatic carbocycles. The molecule has 1 saturated heterocycles. The summed E-state index contributed by atoms with van der Waals surface area (Å²) in [6.07, 6.45) is 3.72. The minimum Gasteiger partial charge on any atom is -0.497 e. The Balaban J connectivity index is 1.12. The molecule has 0 aliphatic carbocycles. The summed E-state index contributed by atoms with van der Waals surface area (Å²) in [7, 11) is 1.65. The molecule has 0 bridgehead atoms. The molecule has 40 heavy (non-hydrogen) atoms. The Morgan fingerprint density at radius 3 is 2.48 bits per heavy atom. The van der Waals surface area contributed by atoms with Gasteiger partial charge in [0.15, 0.2) is 5.78 Å². The number of halogens is 1. The number of piperidine rings is 1. The first-order valence-corrected chi connectivity index (χ1v) is 15.1. The molecule has 1 amide bonds. The van der Waals surface area contributed by atoms with Gasteiger partial charge in [-0.05, 0) is 99.9 Å². The number of ketones is 1. The van der Waals surface area contributed by atoms with Crippen molar-refractivity contribution in [3.63, 3.8) is 0 Å². The van der Waals surface area contributed by atoms with E-state index < -0.39 is 0 Å². The maximum atomic E-state index is 12.8. The van der Waals surface area contributed by atoms with E-state index in [0.29, 0.717) is 11.6 Å². The second kappa shape index (κ2) is 13.1. The first-order chi connectivity index (χ1) is 19.4. The third-order valence-corrected chi connectivity index (χ3v) is 9.17. The number of hydrogen-bond acceptors (Lipinski definition) is 6. The minimum atomic E-state index is -0.211. The van der Waals surface area contributed by atoms with Crippen LogP contribution in [0, 0.1) is 5.92 Å². The van der Waals surface area contributed by atoms with Crippen LogP contribution in [-0.2, 0) is 4.79 Å². The van der Waals surface area contributed by atoms with Gasteiger partial charge in [-0.3, -0.25) is 14.5 Å². The average Bonchev–Trinajstić information content (AvgIpc) is 3.37. The fourth-order valence-electron chi connectivity index (χ4n) is 5.46. The van der Waals surface area contributed by atoms with Gasteiger partial charge in [-0.15, -0.1) is 0 Å². The quantitative estimate of drug-likeness (QED) is 0.186. The number of carbonyl (C=O) groups is 2. The van der Waals surface area contributed by atoms with Gasteiger partial charge in [0, 0.05) is 33.9 Å². The minimum absolute atomic E-state index is 0.00476. The number of para-hydroxylation sites is 1. The number of likely N-dealkylation sites (tertiary alicyclic amines) is 1. The van der Waals surface area contributed by atoms with Crippen LogP contribution in [0.5, 0.6) is 11.5 Å². The van der Waals surface area contributed by atoms with Crippen molar-refractivity contribution in [3.05, 3.63) is 82.9 Å². The molecule has 0 radical (unpaired) electrons. The summed E-state index contributed by atoms with van der Waals surface area (Å²) in [5.74, 6) is 1.82. The van der Waals surface area contributed by atoms with E-state index in [1.54, 1.807) is 37.9 Å². The highest BCUT2D eigenvalue weighted by molar-refractivity contribution is 8.00. The zero-order valence-corrected chi connectivity index (χ0v) is 24.5. The molecule has 3 aromatic rings. The monoisotopic (exact) mass is 578 g/mol. The highest BCUT2D eigenvalue weighted by atomic mass is 35.5. The molecular weight excluding hydrogens is 544 g/mol. The largest absolute Gasteiger partial charge is 0.497 e. The number of fused-ring (bicyclic) bond motifs is 1. The van der Waals surface area contributed by atoms with Gasteiger partial charge in [0.05, 0.1) is 19.4 Å². The number of ether oxygens (including phenoxy) is 2. The lowest BCUT2D eigenvalue weighted by Gasteiger charge is -2.31. The summed E-state index contributed by atoms with van der Waals surface area (Å²) in [6, 6.07) is 21.0. The van der Waals surface area contributed by atoms with Gasteiger partial charge < -0.3 is 14.4 Å². The summed E-state index contributed by atoms with van der Waals surface area (Å²) in [4.78, 5) is 30.9. The average molecular weight is 579 g/mol. The van der Waals surface area contributed by atoms with Crippen molar-refractivity contribution in [1.29, 1.82) is 0 Å². The molecule has 2 aliphatic heterocycles. The van der Waals surface area contributed by atoms with Crippen LogP contribution in [0.25, 0.3) is 0 Å². The third kappa shape index (κ3) is 6.48. The molecule has 0 saturated carbocycles. The van der Waals surface area contributed by atoms with Crippen molar-refractivity contribution in [2.45, 2.75) is 42.9 Å². The zero-order valence-electron chi connectivity index (χ0n) is 23.0. The molecule has 1 unspecified atom stereocenters. The van der Waals surface area contributed by atoms with E-state index in [4.69, 9.17) is 21.1 Å². The zero-order chi connectivity index (χ0) is 28.1. The Kier molecular flexibility index (Phi) is 9.35. The Hall–Kier alpha value is -3.00. The Morgan fingerprint density at radius 2 is 1.75 bits per heavy atom. The summed E-state index contributed by atoms with van der Waals surface area (Å²) in [5, 5.41) is 0.441. The summed E-state index contributed by atoms with van der Waals surface area (Å²) < 4.78 is 11.8. The van der Waals surface area contributed by atoms with E-state index in [1.807, 2.05) is 59.5 Å². The van der Waals surface area contributed by atoms with Crippen LogP contribution in [-0.4, -0.2) is 49.9 Å². The third-order valence-electron chi connectivity index (χ3n) is 7.63. The van der Waals surface area contributed by atoms with Crippen molar-refractivity contribution >= 4 is 40.7 Å². The summed E-state index contributed by atoms with van der Waals surface area (Å²) in [5.41, 5.74) is 2.62. The number of carbonyl (C=O) groups excluding carboxylic acids is 2. The number of hydrogen-bond donors (Lipinski definition) is 0. The topological polar surface area (TPSA) is 59.1 Å². The van der Waals surface area contributed by atoms with Gasteiger partial charge in [0.1, 0.15) is 16.9 Å². The predicted octanol–water partition coefficient (Wildman–Crippen LogP) is 7.26. The maximum Gasteiger partial charge on any atom is 0.225 e. The molecule has 2 aliphatic rings. The second-order valence-electron chi connectivity index (χ2n) is 10.3. The first-order valence-electron chi connectivity index (χ1n) is 13.8. The number of anilines is 1. The highest BCUT2D eigenvalue weighted by Crippen LogP contribution is 2.53. The van der Waals surface area contributed by atoms with Crippen LogP contribution in [0.4, 0.5) is 5.69 Å². The lowest BCUT2D eigenvalue weighted by atomic mass is 9.89. The number of unbranched alkanes of at least 4 members (excludes halogenated alkanes) is 1. The van der Waals surface area contributed by atoms with Crippen molar-refractivity contribution in [1.82, 2.24) is 4.90 Å². The van der Waals surface area contributed by atoms with Gasteiger partial charge in [-0.25, -0.2) is 0 Å². The molecule has 0 spiro atoms. The Bertz CT molecular complexity index is 1340. The number of rotatable bonds is 10. The van der Waals surface area contributed by atoms with E-state index in [1.165, 1.54) is 0 Å². The van der Waals surface area contributed by atoms with Crippen LogP contribution in [0.3, 0.4) is 0 Å². The van der Waals surface area contributed by atoms with E-state index in [-0.39, 0.29) is 23.0 Å². The smallest absolute Gasteiger partial charge is 0.225 e. The summed E-state index contributed by atoms with van der Waals surface area (Å²) >= 11 is 7.62. The van der Waals surface area contributed by atoms with E-state index >= 15 is 0 Å². The fourth-order valence-corrected chi connectivity index (χ4v) is 6.95. The van der Waals surface area contributed by atoms with Gasteiger partial charge >= 0.3 is 0 Å². The molecule has 0 aromatic heterocycles. The van der Waals surface area contributed by atoms with Crippen molar-refractivity contribution < 1.29 is 19.1 Å². The van der Waals surface area contributed by atoms with Gasteiger partial charge in [-0.2, -0.15) is 0 Å². The number of amides is 1. The Morgan fingerprint density at radius 1 is 1.00 bits per heavy atom. The molecule has 6 nitrogen and oxygen atoms in total. The number of benzene rings is 3. The van der Waals surface area contributed by atoms with Crippen LogP contribution in [0.2, 0.25) is 5.02 Å². The molecule has 2 heterocycles. The molecule has 0 N–H and O–H groups in total. The molecule has 5 rings (SSSR count). The lowest BCUT2D eigenvalue weighted by molar-refractivity contribution is -0.116. The summed E-state index contributed by atoms with van der Waals surface area (Å²) in [6.45, 7) is 5.07. The second-order valence-corrected chi connectivity index (χ2v) is 11.8. The van der Waals surface area contributed by atoms with Crippen LogP contribution < -0.4 is 14.4 Å². The highest BCUT2D eigenvalue weighted by Gasteiger charge is 2.36. The predicted molar refractivity (Wildman–Crippen MR) is 161 cm³/mol. The maximum absolute atomic E-state index is 12.8. The van der Waals surface area contributed by atoms with Gasteiger partial charge in [-0.1, -0.05) is 35.5 Å². The Labute approximate surface area is 245 Å². The SMILES string of the molecule is COc1ccc(OCCCCN2CCC(C(=O)c3ccc(Cl)cc3)CC2)c(C2Sc3ccccc3N2C(C)=O)c1. The normalized spacial score (nSPS) is 17.5. The van der Waals surface area contributed by atoms with E-state index in [2.05, 4.69) is 4.90 Å². The van der Waals surface area contributed by atoms with Gasteiger partial charge in [0.2, 0.25) is 5.91 Å². The van der Waals surface area contributed by atoms with Crippen molar-refractivity contribution in [2.75, 3.05) is 38.3 Å². The molecular formula is C32H35ClN2O4S. The standard InChI is InChI=1S/C32H35ClN2O4S/c1-22(36)35-28-7-3-4-8-30(28)40-32(35)27-21-26(38-2)13-14-29(27)39-20-6-5-17-34-18-15-24(16-19-34)31(37)23-9-11-25(33)12-10-23/h3-4,7-14,21,24,32H,5-6,15-20H2,1-2H3. The lowest BCUT2D eigenvalue weighted by Crippen LogP contribution is -2.37. The molecule has 210 valence electrons. The van der Waals surface area contributed by atoms with Crippen LogP contribution >= 0.6 is 23.4 Å². The van der Waals surface area contributed by atoms with Crippen LogP contribution in [0.1, 0.15) is 53.9 Å². The fraction of sp³-hybridized carbons (Fsp3) is 0.375. The molecule has 1 atom stereocenters. The number of thioether (sulfide) groups is 1. The number of nitrogens with zero attached hydrogens (tertiary/aromatic N) is 2. The van der Waals surface area contributed by atoms with Crippen molar-refractivity contribution in [3.8, 4) is 11.5 Å². The number of Topliss-reactive ketones (excluding diaryl/α,β-unsaturated/α-hetero) is 1. The van der Waals surface area contributed by atoms with Crippen LogP contribution in [0.15, 0.2) is 71.6 Å². The number of methoxy groups -OCH3 is 1. The van der Waals surface area contributed by atoms with E-state index in [0.717, 1.165) is 78.5 Å². The van der Waals surface area contributed by atoms with Gasteiger partial charge in [0.25, 0.3) is 0 Å². The van der Waals surface area contributed by atoms with Crippen molar-refractivity contribution in [2.24, 2.45) is 5.92 Å². The molecule has 8 heteroatoms. The molecule has 1 fully saturated rings. The van der Waals surface area contributed by atoms with E-state index in [9.17, 15) is 9.59 Å².